The van der Waals surface area contributed by atoms with E-state index in [1.807, 2.05) is 0 Å². The van der Waals surface area contributed by atoms with Gasteiger partial charge in [-0.25, -0.2) is 22.6 Å². The Morgan fingerprint density at radius 1 is 1.07 bits per heavy atom. The number of benzene rings is 1. The van der Waals surface area contributed by atoms with Crippen LogP contribution in [0.5, 0.6) is 0 Å². The number of aryl methyl sites for hydroxylation is 1. The van der Waals surface area contributed by atoms with Gasteiger partial charge in [0.1, 0.15) is 0 Å². The van der Waals surface area contributed by atoms with Crippen molar-refractivity contribution in [1.82, 2.24) is 18.9 Å². The lowest BCUT2D eigenvalue weighted by Gasteiger charge is -2.09. The van der Waals surface area contributed by atoms with E-state index in [1.54, 1.807) is 24.4 Å². The number of hydrogen-bond acceptors (Lipinski definition) is 4. The fourth-order valence-electron chi connectivity index (χ4n) is 2.46. The fraction of sp³-hybridized carbons (Fsp3) is 0.250. The summed E-state index contributed by atoms with van der Waals surface area (Å²) in [7, 11) is -3.94. The molecule has 3 rings (SSSR count). The van der Waals surface area contributed by atoms with Gasteiger partial charge < -0.3 is 0 Å². The zero-order valence-electron chi connectivity index (χ0n) is 13.8. The second kappa shape index (κ2) is 7.16. The maximum atomic E-state index is 12.5. The highest BCUT2D eigenvalue weighted by atomic mass is 32.2. The number of alkyl halides is 3. The first-order chi connectivity index (χ1) is 12.7. The highest BCUT2D eigenvalue weighted by Crippen LogP contribution is 2.29. The number of rotatable bonds is 6. The molecule has 0 aliphatic heterocycles. The molecule has 144 valence electrons. The lowest BCUT2D eigenvalue weighted by atomic mass is 10.2. The second-order valence-corrected chi connectivity index (χ2v) is 7.47. The molecule has 0 amide bonds. The van der Waals surface area contributed by atoms with Gasteiger partial charge in [-0.15, -0.1) is 5.10 Å². The van der Waals surface area contributed by atoms with Crippen molar-refractivity contribution in [1.29, 1.82) is 0 Å². The molecule has 0 radical (unpaired) electrons. The van der Waals surface area contributed by atoms with Crippen LogP contribution in [0.4, 0.5) is 13.2 Å². The van der Waals surface area contributed by atoms with E-state index >= 15 is 0 Å². The van der Waals surface area contributed by atoms with Crippen LogP contribution in [-0.2, 0) is 22.7 Å². The smallest absolute Gasteiger partial charge is 0.250 e. The molecule has 0 saturated carbocycles. The molecule has 0 saturated heterocycles. The Hall–Kier alpha value is -2.66. The Morgan fingerprint density at radius 3 is 2.41 bits per heavy atom. The van der Waals surface area contributed by atoms with Gasteiger partial charge in [0, 0.05) is 19.3 Å². The molecule has 0 aliphatic carbocycles. The quantitative estimate of drug-likeness (QED) is 0.641. The third kappa shape index (κ3) is 4.19. The molecule has 0 spiro atoms. The fourth-order valence-corrected chi connectivity index (χ4v) is 3.53. The molecule has 0 fully saturated rings. The van der Waals surface area contributed by atoms with Gasteiger partial charge in [-0.3, -0.25) is 4.40 Å². The summed E-state index contributed by atoms with van der Waals surface area (Å²) in [6.45, 7) is 0.194. The van der Waals surface area contributed by atoms with Gasteiger partial charge in [-0.1, -0.05) is 6.07 Å². The van der Waals surface area contributed by atoms with Crippen LogP contribution in [0.25, 0.3) is 5.65 Å². The molecule has 7 nitrogen and oxygen atoms in total. The maximum Gasteiger partial charge on any atom is 0.416 e. The highest BCUT2D eigenvalue weighted by Gasteiger charge is 2.30. The standard InChI is InChI=1S/C16H15F3N4O3S/c17-16(18,19)12-5-7-13(8-6-12)27(25,26)20-9-3-11-23-15(24)22-10-2-1-4-14(22)21-23/h1-2,4-8,10,20H,3,9,11H2. The van der Waals surface area contributed by atoms with Crippen LogP contribution in [0.3, 0.4) is 0 Å². The summed E-state index contributed by atoms with van der Waals surface area (Å²) in [5, 5.41) is 4.12. The molecule has 0 unspecified atom stereocenters. The first kappa shape index (κ1) is 19.1. The van der Waals surface area contributed by atoms with E-state index in [-0.39, 0.29) is 30.1 Å². The monoisotopic (exact) mass is 400 g/mol. The third-order valence-corrected chi connectivity index (χ3v) is 5.30. The van der Waals surface area contributed by atoms with Crippen LogP contribution >= 0.6 is 0 Å². The molecule has 11 heteroatoms. The summed E-state index contributed by atoms with van der Waals surface area (Å²) < 4.78 is 66.8. The number of aromatic nitrogens is 3. The Bertz CT molecular complexity index is 1100. The Kier molecular flexibility index (Phi) is 5.07. The van der Waals surface area contributed by atoms with Crippen molar-refractivity contribution in [2.45, 2.75) is 24.0 Å². The van der Waals surface area contributed by atoms with Crippen LogP contribution < -0.4 is 10.4 Å². The Morgan fingerprint density at radius 2 is 1.78 bits per heavy atom. The second-order valence-electron chi connectivity index (χ2n) is 5.71. The van der Waals surface area contributed by atoms with Gasteiger partial charge in [-0.05, 0) is 42.8 Å². The van der Waals surface area contributed by atoms with Crippen LogP contribution in [0.1, 0.15) is 12.0 Å². The Balaban J connectivity index is 1.60. The van der Waals surface area contributed by atoms with E-state index in [1.165, 1.54) is 9.08 Å². The van der Waals surface area contributed by atoms with E-state index in [0.29, 0.717) is 17.8 Å². The first-order valence-electron chi connectivity index (χ1n) is 7.90. The van der Waals surface area contributed by atoms with Gasteiger partial charge in [0.25, 0.3) is 0 Å². The van der Waals surface area contributed by atoms with Gasteiger partial charge in [0.15, 0.2) is 5.65 Å². The van der Waals surface area contributed by atoms with Crippen molar-refractivity contribution in [2.75, 3.05) is 6.54 Å². The zero-order chi connectivity index (χ0) is 19.7. The number of nitrogens with one attached hydrogen (secondary N) is 1. The van der Waals surface area contributed by atoms with E-state index in [2.05, 4.69) is 9.82 Å². The summed E-state index contributed by atoms with van der Waals surface area (Å²) in [5.41, 5.74) is -0.781. The molecular formula is C16H15F3N4O3S. The molecule has 0 atom stereocenters. The number of pyridine rings is 1. The normalized spacial score (nSPS) is 12.6. The zero-order valence-corrected chi connectivity index (χ0v) is 14.7. The molecular weight excluding hydrogens is 385 g/mol. The predicted octanol–water partition coefficient (Wildman–Crippen LogP) is 1.88. The summed E-state index contributed by atoms with van der Waals surface area (Å²) in [4.78, 5) is 11.8. The van der Waals surface area contributed by atoms with Crippen molar-refractivity contribution in [2.24, 2.45) is 0 Å². The van der Waals surface area contributed by atoms with Crippen LogP contribution in [0, 0.1) is 0 Å². The van der Waals surface area contributed by atoms with Crippen LogP contribution in [0.2, 0.25) is 0 Å². The topological polar surface area (TPSA) is 85.5 Å². The van der Waals surface area contributed by atoms with Crippen molar-refractivity contribution in [3.8, 4) is 0 Å². The molecule has 1 N–H and O–H groups in total. The van der Waals surface area contributed by atoms with Gasteiger partial charge in [0.05, 0.1) is 10.5 Å². The van der Waals surface area contributed by atoms with E-state index < -0.39 is 21.8 Å². The SMILES string of the molecule is O=c1n(CCCNS(=O)(=O)c2ccc(C(F)(F)F)cc2)nc2ccccn12. The third-order valence-electron chi connectivity index (χ3n) is 3.82. The average molecular weight is 400 g/mol. The number of fused-ring (bicyclic) bond motifs is 1. The lowest BCUT2D eigenvalue weighted by Crippen LogP contribution is -2.27. The van der Waals surface area contributed by atoms with Gasteiger partial charge >= 0.3 is 11.9 Å². The Labute approximate surface area is 152 Å². The summed E-state index contributed by atoms with van der Waals surface area (Å²) >= 11 is 0. The largest absolute Gasteiger partial charge is 0.416 e. The van der Waals surface area contributed by atoms with E-state index in [0.717, 1.165) is 12.1 Å². The maximum absolute atomic E-state index is 12.5. The minimum Gasteiger partial charge on any atom is -0.250 e. The molecule has 27 heavy (non-hydrogen) atoms. The summed E-state index contributed by atoms with van der Waals surface area (Å²) in [6.07, 6.45) is -2.67. The minimum absolute atomic E-state index is 0.00364. The molecule has 3 aromatic rings. The van der Waals surface area contributed by atoms with Crippen molar-refractivity contribution in [3.05, 3.63) is 64.7 Å². The van der Waals surface area contributed by atoms with Crippen molar-refractivity contribution >= 4 is 15.7 Å². The first-order valence-corrected chi connectivity index (χ1v) is 9.38. The summed E-state index contributed by atoms with van der Waals surface area (Å²) in [5.74, 6) is 0. The van der Waals surface area contributed by atoms with E-state index in [9.17, 15) is 26.4 Å². The van der Waals surface area contributed by atoms with Gasteiger partial charge in [0.2, 0.25) is 10.0 Å². The number of halogens is 3. The average Bonchev–Trinajstić information content (AvgIpc) is 2.94. The molecule has 2 aromatic heterocycles. The number of nitrogens with zero attached hydrogens (tertiary/aromatic N) is 3. The van der Waals surface area contributed by atoms with Gasteiger partial charge in [-0.2, -0.15) is 13.2 Å². The highest BCUT2D eigenvalue weighted by molar-refractivity contribution is 7.89. The number of sulfonamides is 1. The van der Waals surface area contributed by atoms with Crippen LogP contribution in [0.15, 0.2) is 58.4 Å². The van der Waals surface area contributed by atoms with Crippen molar-refractivity contribution in [3.63, 3.8) is 0 Å². The number of hydrogen-bond donors (Lipinski definition) is 1. The van der Waals surface area contributed by atoms with Crippen LogP contribution in [-0.4, -0.2) is 29.1 Å². The molecule has 0 aliphatic rings. The van der Waals surface area contributed by atoms with E-state index in [4.69, 9.17) is 0 Å². The predicted molar refractivity (Wildman–Crippen MR) is 90.7 cm³/mol. The molecule has 2 heterocycles. The lowest BCUT2D eigenvalue weighted by molar-refractivity contribution is -0.137. The minimum atomic E-state index is -4.53. The molecule has 0 bridgehead atoms. The molecule has 1 aromatic carbocycles. The van der Waals surface area contributed by atoms with Crippen molar-refractivity contribution < 1.29 is 21.6 Å². The summed E-state index contributed by atoms with van der Waals surface area (Å²) in [6, 6.07) is 8.33.